The van der Waals surface area contributed by atoms with Gasteiger partial charge >= 0.3 is 5.76 Å². The molecular weight excluding hydrogens is 276 g/mol. The van der Waals surface area contributed by atoms with Crippen LogP contribution < -0.4 is 4.90 Å². The second kappa shape index (κ2) is 5.42. The lowest BCUT2D eigenvalue weighted by Crippen LogP contribution is -2.38. The highest BCUT2D eigenvalue weighted by Gasteiger charge is 2.26. The molecule has 7 heteroatoms. The Kier molecular flexibility index (Phi) is 4.05. The standard InChI is InChI=1S/C12H15F2NO3S/c13-12(14)19(17,18)11-5-3-9(4-6-11)15-7-1-2-10(16)8-15/h3-6,10,12,16H,1-2,7-8H2. The van der Waals surface area contributed by atoms with E-state index in [4.69, 9.17) is 0 Å². The Bertz CT molecular complexity index is 530. The van der Waals surface area contributed by atoms with Crippen molar-refractivity contribution in [2.24, 2.45) is 0 Å². The van der Waals surface area contributed by atoms with Gasteiger partial charge in [0.2, 0.25) is 9.84 Å². The molecular formula is C12H15F2NO3S. The number of hydrogen-bond acceptors (Lipinski definition) is 4. The third-order valence-corrected chi connectivity index (χ3v) is 4.56. The first-order valence-corrected chi connectivity index (χ1v) is 7.51. The number of alkyl halides is 2. The van der Waals surface area contributed by atoms with E-state index in [0.717, 1.165) is 25.1 Å². The molecule has 1 saturated heterocycles. The Morgan fingerprint density at radius 2 is 1.89 bits per heavy atom. The van der Waals surface area contributed by atoms with Crippen LogP contribution in [0.15, 0.2) is 29.2 Å². The van der Waals surface area contributed by atoms with Gasteiger partial charge in [0.05, 0.1) is 11.0 Å². The van der Waals surface area contributed by atoms with Gasteiger partial charge in [-0.25, -0.2) is 8.42 Å². The number of aliphatic hydroxyl groups is 1. The van der Waals surface area contributed by atoms with Crippen LogP contribution in [0.5, 0.6) is 0 Å². The molecule has 1 aromatic carbocycles. The number of rotatable bonds is 3. The minimum atomic E-state index is -4.54. The fraction of sp³-hybridized carbons (Fsp3) is 0.500. The van der Waals surface area contributed by atoms with Crippen molar-refractivity contribution in [3.63, 3.8) is 0 Å². The zero-order valence-electron chi connectivity index (χ0n) is 10.2. The summed E-state index contributed by atoms with van der Waals surface area (Å²) in [7, 11) is -4.54. The predicted molar refractivity (Wildman–Crippen MR) is 67.1 cm³/mol. The molecule has 4 nitrogen and oxygen atoms in total. The number of halogens is 2. The molecule has 19 heavy (non-hydrogen) atoms. The SMILES string of the molecule is O=S(=O)(c1ccc(N2CCCC(O)C2)cc1)C(F)F. The topological polar surface area (TPSA) is 57.6 Å². The van der Waals surface area contributed by atoms with E-state index in [-0.39, 0.29) is 4.90 Å². The average Bonchev–Trinajstić information content (AvgIpc) is 2.38. The summed E-state index contributed by atoms with van der Waals surface area (Å²) >= 11 is 0. The van der Waals surface area contributed by atoms with Gasteiger partial charge in [0.1, 0.15) is 0 Å². The number of β-amino-alcohol motifs (C(OH)–C–C–N with tert-alkyl or cyclic N) is 1. The summed E-state index contributed by atoms with van der Waals surface area (Å²) in [5.41, 5.74) is 0.729. The quantitative estimate of drug-likeness (QED) is 0.920. The van der Waals surface area contributed by atoms with Crippen LogP contribution in [0.2, 0.25) is 0 Å². The fourth-order valence-corrected chi connectivity index (χ4v) is 2.86. The highest BCUT2D eigenvalue weighted by molar-refractivity contribution is 7.91. The van der Waals surface area contributed by atoms with Crippen LogP contribution in [-0.4, -0.2) is 38.5 Å². The molecule has 1 N–H and O–H groups in total. The molecule has 1 aromatic rings. The lowest BCUT2D eigenvalue weighted by atomic mass is 10.1. The molecule has 1 unspecified atom stereocenters. The van der Waals surface area contributed by atoms with Crippen molar-refractivity contribution in [3.8, 4) is 0 Å². The fourth-order valence-electron chi connectivity index (χ4n) is 2.14. The smallest absolute Gasteiger partial charge is 0.341 e. The van der Waals surface area contributed by atoms with Gasteiger partial charge in [-0.05, 0) is 37.1 Å². The third kappa shape index (κ3) is 3.03. The summed E-state index contributed by atoms with van der Waals surface area (Å²) in [5.74, 6) is -3.41. The Labute approximate surface area is 110 Å². The van der Waals surface area contributed by atoms with Crippen molar-refractivity contribution in [1.29, 1.82) is 0 Å². The maximum atomic E-state index is 12.4. The van der Waals surface area contributed by atoms with E-state index in [0.29, 0.717) is 6.54 Å². The highest BCUT2D eigenvalue weighted by Crippen LogP contribution is 2.24. The zero-order chi connectivity index (χ0) is 14.0. The van der Waals surface area contributed by atoms with E-state index in [9.17, 15) is 22.3 Å². The Morgan fingerprint density at radius 3 is 2.42 bits per heavy atom. The summed E-state index contributed by atoms with van der Waals surface area (Å²) in [6.45, 7) is 1.24. The summed E-state index contributed by atoms with van der Waals surface area (Å²) in [5, 5.41) is 9.56. The molecule has 1 heterocycles. The minimum Gasteiger partial charge on any atom is -0.391 e. The first-order valence-electron chi connectivity index (χ1n) is 5.96. The number of aliphatic hydroxyl groups excluding tert-OH is 1. The number of nitrogens with zero attached hydrogens (tertiary/aromatic N) is 1. The first kappa shape index (κ1) is 14.2. The molecule has 0 saturated carbocycles. The molecule has 0 radical (unpaired) electrons. The van der Waals surface area contributed by atoms with Crippen LogP contribution in [-0.2, 0) is 9.84 Å². The van der Waals surface area contributed by atoms with E-state index in [1.165, 1.54) is 24.3 Å². The number of piperidine rings is 1. The second-order valence-corrected chi connectivity index (χ2v) is 6.46. The molecule has 0 spiro atoms. The number of hydrogen-bond donors (Lipinski definition) is 1. The maximum absolute atomic E-state index is 12.4. The maximum Gasteiger partial charge on any atom is 0.341 e. The normalized spacial score (nSPS) is 20.8. The van der Waals surface area contributed by atoms with Crippen molar-refractivity contribution in [1.82, 2.24) is 0 Å². The molecule has 0 aliphatic carbocycles. The number of anilines is 1. The van der Waals surface area contributed by atoms with Crippen molar-refractivity contribution in [2.75, 3.05) is 18.0 Å². The Hall–Kier alpha value is -1.21. The van der Waals surface area contributed by atoms with Gasteiger partial charge in [-0.3, -0.25) is 0 Å². The van der Waals surface area contributed by atoms with Gasteiger partial charge in [0, 0.05) is 18.8 Å². The largest absolute Gasteiger partial charge is 0.391 e. The van der Waals surface area contributed by atoms with E-state index in [2.05, 4.69) is 0 Å². The molecule has 1 atom stereocenters. The monoisotopic (exact) mass is 291 g/mol. The zero-order valence-corrected chi connectivity index (χ0v) is 11.0. The molecule has 106 valence electrons. The molecule has 0 amide bonds. The molecule has 1 fully saturated rings. The lowest BCUT2D eigenvalue weighted by Gasteiger charge is -2.32. The van der Waals surface area contributed by atoms with Crippen molar-refractivity contribution in [3.05, 3.63) is 24.3 Å². The van der Waals surface area contributed by atoms with Gasteiger partial charge in [-0.2, -0.15) is 8.78 Å². The second-order valence-electron chi connectivity index (χ2n) is 4.54. The molecule has 1 aliphatic heterocycles. The molecule has 2 rings (SSSR count). The first-order chi connectivity index (χ1) is 8.91. The van der Waals surface area contributed by atoms with Gasteiger partial charge < -0.3 is 10.0 Å². The van der Waals surface area contributed by atoms with E-state index in [1.807, 2.05) is 4.90 Å². The number of benzene rings is 1. The van der Waals surface area contributed by atoms with E-state index in [1.54, 1.807) is 0 Å². The Balaban J connectivity index is 2.19. The van der Waals surface area contributed by atoms with Gasteiger partial charge in [-0.15, -0.1) is 0 Å². The third-order valence-electron chi connectivity index (χ3n) is 3.16. The van der Waals surface area contributed by atoms with Crippen molar-refractivity contribution in [2.45, 2.75) is 29.6 Å². The summed E-state index contributed by atoms with van der Waals surface area (Å²) in [4.78, 5) is 1.52. The van der Waals surface area contributed by atoms with Crippen LogP contribution in [0, 0.1) is 0 Å². The van der Waals surface area contributed by atoms with E-state index < -0.39 is 21.7 Å². The van der Waals surface area contributed by atoms with Gasteiger partial charge in [0.15, 0.2) is 0 Å². The molecule has 0 bridgehead atoms. The predicted octanol–water partition coefficient (Wildman–Crippen LogP) is 1.64. The van der Waals surface area contributed by atoms with Crippen LogP contribution in [0.3, 0.4) is 0 Å². The summed E-state index contributed by atoms with van der Waals surface area (Å²) in [6, 6.07) is 5.34. The molecule has 1 aliphatic rings. The summed E-state index contributed by atoms with van der Waals surface area (Å²) < 4.78 is 47.3. The Morgan fingerprint density at radius 1 is 1.26 bits per heavy atom. The van der Waals surface area contributed by atoms with Crippen LogP contribution in [0.25, 0.3) is 0 Å². The lowest BCUT2D eigenvalue weighted by molar-refractivity contribution is 0.154. The van der Waals surface area contributed by atoms with Crippen LogP contribution in [0.4, 0.5) is 14.5 Å². The molecule has 0 aromatic heterocycles. The van der Waals surface area contributed by atoms with Crippen molar-refractivity contribution < 1.29 is 22.3 Å². The van der Waals surface area contributed by atoms with Gasteiger partial charge in [-0.1, -0.05) is 0 Å². The highest BCUT2D eigenvalue weighted by atomic mass is 32.2. The van der Waals surface area contributed by atoms with Gasteiger partial charge in [0.25, 0.3) is 0 Å². The van der Waals surface area contributed by atoms with Crippen LogP contribution in [0.1, 0.15) is 12.8 Å². The summed E-state index contributed by atoms with van der Waals surface area (Å²) in [6.07, 6.45) is 1.19. The number of sulfone groups is 1. The van der Waals surface area contributed by atoms with E-state index >= 15 is 0 Å². The van der Waals surface area contributed by atoms with Crippen LogP contribution >= 0.6 is 0 Å². The average molecular weight is 291 g/mol. The van der Waals surface area contributed by atoms with Crippen molar-refractivity contribution >= 4 is 15.5 Å². The minimum absolute atomic E-state index is 0.385.